The van der Waals surface area contributed by atoms with Crippen LogP contribution in [-0.2, 0) is 0 Å². The van der Waals surface area contributed by atoms with E-state index in [2.05, 4.69) is 38.2 Å². The van der Waals surface area contributed by atoms with Gasteiger partial charge in [-0.05, 0) is 21.0 Å². The maximum atomic E-state index is 3.36. The summed E-state index contributed by atoms with van der Waals surface area (Å²) in [6.45, 7) is 17.2. The summed E-state index contributed by atoms with van der Waals surface area (Å²) in [5.74, 6) is 0. The molecule has 70 valence electrons. The van der Waals surface area contributed by atoms with Crippen molar-refractivity contribution in [3.05, 3.63) is 39.0 Å². The molecule has 2 heteroatoms. The highest BCUT2D eigenvalue weighted by Gasteiger charge is 1.25. The topological polar surface area (TPSA) is 12.0 Å². The normalized spacial score (nSPS) is 3.55. The van der Waals surface area contributed by atoms with Gasteiger partial charge < -0.3 is 5.32 Å². The Bertz CT molecular complexity index is 36.5. The molecule has 1 N–H and O–H groups in total. The van der Waals surface area contributed by atoms with Crippen LogP contribution in [0.2, 0.25) is 0 Å². The summed E-state index contributed by atoms with van der Waals surface area (Å²) in [6.07, 6.45) is 1.75. The highest BCUT2D eigenvalue weighted by atomic mass is 35.5. The van der Waals surface area contributed by atoms with E-state index in [0.717, 1.165) is 0 Å². The number of halogens is 1. The lowest BCUT2D eigenvalue weighted by Crippen LogP contribution is -1.89. The third kappa shape index (κ3) is 1880. The Hall–Kier alpha value is -0.530. The molecule has 0 aliphatic carbocycles. The van der Waals surface area contributed by atoms with Crippen molar-refractivity contribution >= 4 is 12.4 Å². The van der Waals surface area contributed by atoms with E-state index in [9.17, 15) is 0 Å². The van der Waals surface area contributed by atoms with Gasteiger partial charge in [0.2, 0.25) is 0 Å². The molecule has 0 saturated heterocycles. The lowest BCUT2D eigenvalue weighted by Gasteiger charge is -1.59. The molecule has 0 unspecified atom stereocenters. The maximum absolute atomic E-state index is 3.36. The highest BCUT2D eigenvalue weighted by molar-refractivity contribution is 5.85. The largest absolute Gasteiger partial charge is 0.323 e. The average molecular weight is 180 g/mol. The van der Waals surface area contributed by atoms with Gasteiger partial charge in [0, 0.05) is 0 Å². The number of hydrogen-bond donors (Lipinski definition) is 1. The monoisotopic (exact) mass is 179 g/mol. The number of rotatable bonds is 0. The van der Waals surface area contributed by atoms with Crippen molar-refractivity contribution < 1.29 is 0 Å². The van der Waals surface area contributed by atoms with Crippen molar-refractivity contribution in [1.29, 1.82) is 0 Å². The van der Waals surface area contributed by atoms with Gasteiger partial charge in [-0.25, -0.2) is 0 Å². The standard InChI is InChI=1S/C3H6.C2H7N.2C2H4.ClH/c2*1-3-2;2*1-2;/h3H,1H2,2H3;3H,1-2H3;2*1-2H2;1H. The number of nitrogens with one attached hydrogen (secondary N) is 1. The molecular formula is C9H22ClN. The third-order valence-corrected chi connectivity index (χ3v) is 0. The quantitative estimate of drug-likeness (QED) is 0.564. The Kier molecular flexibility index (Phi) is 897. The van der Waals surface area contributed by atoms with Crippen LogP contribution in [0.4, 0.5) is 0 Å². The molecule has 0 radical (unpaired) electrons. The first-order valence-electron chi connectivity index (χ1n) is 2.99. The van der Waals surface area contributed by atoms with E-state index in [1.807, 2.05) is 21.0 Å². The second-order valence-corrected chi connectivity index (χ2v) is 0.908. The van der Waals surface area contributed by atoms with Gasteiger partial charge in [0.15, 0.2) is 0 Å². The van der Waals surface area contributed by atoms with Crippen molar-refractivity contribution in [2.45, 2.75) is 6.92 Å². The summed E-state index contributed by atoms with van der Waals surface area (Å²) >= 11 is 0. The van der Waals surface area contributed by atoms with Gasteiger partial charge in [-0.2, -0.15) is 0 Å². The Morgan fingerprint density at radius 2 is 1.00 bits per heavy atom. The molecule has 0 aliphatic rings. The fourth-order valence-electron chi connectivity index (χ4n) is 0. The van der Waals surface area contributed by atoms with Crippen molar-refractivity contribution in [2.75, 3.05) is 14.1 Å². The summed E-state index contributed by atoms with van der Waals surface area (Å²) in [6, 6.07) is 0. The van der Waals surface area contributed by atoms with Crippen molar-refractivity contribution in [2.24, 2.45) is 0 Å². The van der Waals surface area contributed by atoms with Crippen molar-refractivity contribution in [3.63, 3.8) is 0 Å². The lowest BCUT2D eigenvalue weighted by molar-refractivity contribution is 1.02. The summed E-state index contributed by atoms with van der Waals surface area (Å²) in [7, 11) is 3.75. The van der Waals surface area contributed by atoms with E-state index in [4.69, 9.17) is 0 Å². The van der Waals surface area contributed by atoms with E-state index in [1.165, 1.54) is 0 Å². The summed E-state index contributed by atoms with van der Waals surface area (Å²) in [5, 5.41) is 2.75. The van der Waals surface area contributed by atoms with Gasteiger partial charge in [-0.15, -0.1) is 45.3 Å². The third-order valence-electron chi connectivity index (χ3n) is 0. The van der Waals surface area contributed by atoms with E-state index >= 15 is 0 Å². The molecule has 11 heavy (non-hydrogen) atoms. The molecule has 1 nitrogen and oxygen atoms in total. The Morgan fingerprint density at radius 1 is 1.00 bits per heavy atom. The SMILES string of the molecule is C=C.C=C.C=CC.CNC.Cl. The van der Waals surface area contributed by atoms with Gasteiger partial charge >= 0.3 is 0 Å². The molecule has 0 aromatic rings. The minimum absolute atomic E-state index is 0. The molecule has 0 spiro atoms. The molecule has 0 aromatic carbocycles. The van der Waals surface area contributed by atoms with Crippen LogP contribution in [0.1, 0.15) is 6.92 Å². The minimum atomic E-state index is 0. The molecule has 0 aromatic heterocycles. The molecule has 0 bridgehead atoms. The predicted molar refractivity (Wildman–Crippen MR) is 60.6 cm³/mol. The first-order chi connectivity index (χ1) is 4.83. The maximum Gasteiger partial charge on any atom is -0.0167 e. The smallest absolute Gasteiger partial charge is 0.0167 e. The predicted octanol–water partition coefficient (Wildman–Crippen LogP) is 3.05. The molecule has 0 heterocycles. The van der Waals surface area contributed by atoms with E-state index in [-0.39, 0.29) is 12.4 Å². The number of allylic oxidation sites excluding steroid dienone is 1. The average Bonchev–Trinajstić information content (AvgIpc) is 1.99. The summed E-state index contributed by atoms with van der Waals surface area (Å²) in [4.78, 5) is 0. The van der Waals surface area contributed by atoms with Gasteiger partial charge in [0.05, 0.1) is 0 Å². The van der Waals surface area contributed by atoms with Gasteiger partial charge in [-0.3, -0.25) is 0 Å². The van der Waals surface area contributed by atoms with Gasteiger partial charge in [0.25, 0.3) is 0 Å². The molecular weight excluding hydrogens is 158 g/mol. The van der Waals surface area contributed by atoms with Crippen LogP contribution >= 0.6 is 12.4 Å². The fourth-order valence-corrected chi connectivity index (χ4v) is 0. The Morgan fingerprint density at radius 3 is 1.00 bits per heavy atom. The van der Waals surface area contributed by atoms with Crippen molar-refractivity contribution in [3.8, 4) is 0 Å². The Balaban J connectivity index is -0.0000000144. The minimum Gasteiger partial charge on any atom is -0.323 e. The highest BCUT2D eigenvalue weighted by Crippen LogP contribution is 1.38. The van der Waals surface area contributed by atoms with Crippen LogP contribution in [-0.4, -0.2) is 14.1 Å². The second-order valence-electron chi connectivity index (χ2n) is 0.908. The lowest BCUT2D eigenvalue weighted by atomic mass is 10.8. The van der Waals surface area contributed by atoms with Gasteiger partial charge in [-0.1, -0.05) is 6.08 Å². The van der Waals surface area contributed by atoms with Crippen molar-refractivity contribution in [1.82, 2.24) is 5.32 Å². The number of hydrogen-bond acceptors (Lipinski definition) is 1. The van der Waals surface area contributed by atoms with Crippen LogP contribution in [0, 0.1) is 0 Å². The van der Waals surface area contributed by atoms with Crippen LogP contribution in [0.15, 0.2) is 39.0 Å². The summed E-state index contributed by atoms with van der Waals surface area (Å²) < 4.78 is 0. The first kappa shape index (κ1) is 31.4. The zero-order valence-electron chi connectivity index (χ0n) is 8.02. The van der Waals surface area contributed by atoms with Crippen LogP contribution < -0.4 is 5.32 Å². The summed E-state index contributed by atoms with van der Waals surface area (Å²) in [5.41, 5.74) is 0. The van der Waals surface area contributed by atoms with E-state index < -0.39 is 0 Å². The molecule has 0 atom stereocenters. The molecule has 0 aliphatic heterocycles. The molecule has 0 fully saturated rings. The first-order valence-corrected chi connectivity index (χ1v) is 2.99. The van der Waals surface area contributed by atoms with E-state index in [0.29, 0.717) is 0 Å². The molecule has 0 amide bonds. The van der Waals surface area contributed by atoms with Crippen LogP contribution in [0.3, 0.4) is 0 Å². The Labute approximate surface area is 78.3 Å². The fraction of sp³-hybridized carbons (Fsp3) is 0.333. The van der Waals surface area contributed by atoms with Crippen LogP contribution in [0.5, 0.6) is 0 Å². The second kappa shape index (κ2) is 314. The zero-order chi connectivity index (χ0) is 9.41. The van der Waals surface area contributed by atoms with Crippen LogP contribution in [0.25, 0.3) is 0 Å². The molecule has 0 rings (SSSR count). The van der Waals surface area contributed by atoms with Gasteiger partial charge in [0.1, 0.15) is 0 Å². The molecule has 0 saturated carbocycles. The van der Waals surface area contributed by atoms with E-state index in [1.54, 1.807) is 6.08 Å². The zero-order valence-corrected chi connectivity index (χ0v) is 8.84.